The molecular weight excluding hydrogens is 288 g/mol. The van der Waals surface area contributed by atoms with Gasteiger partial charge in [0.25, 0.3) is 10.0 Å². The lowest BCUT2D eigenvalue weighted by Crippen LogP contribution is -2.32. The summed E-state index contributed by atoms with van der Waals surface area (Å²) >= 11 is 0. The number of hydrogen-bond acceptors (Lipinski definition) is 4. The van der Waals surface area contributed by atoms with E-state index < -0.39 is 10.0 Å². The SMILES string of the molecule is CCNCc1cn[nH]c1S(=O)(=O)NCC1CCC(C)CC1. The van der Waals surface area contributed by atoms with Crippen molar-refractivity contribution in [2.75, 3.05) is 13.1 Å². The van der Waals surface area contributed by atoms with Crippen LogP contribution in [-0.2, 0) is 16.6 Å². The van der Waals surface area contributed by atoms with Crippen LogP contribution in [0.3, 0.4) is 0 Å². The topological polar surface area (TPSA) is 86.9 Å². The summed E-state index contributed by atoms with van der Waals surface area (Å²) in [7, 11) is -3.50. The van der Waals surface area contributed by atoms with Gasteiger partial charge in [0.2, 0.25) is 0 Å². The zero-order valence-corrected chi connectivity index (χ0v) is 13.7. The Hall–Kier alpha value is -0.920. The Morgan fingerprint density at radius 2 is 2.05 bits per heavy atom. The first-order chi connectivity index (χ1) is 10.0. The van der Waals surface area contributed by atoms with Crippen molar-refractivity contribution >= 4 is 10.0 Å². The number of sulfonamides is 1. The average molecular weight is 314 g/mol. The molecule has 1 aromatic rings. The van der Waals surface area contributed by atoms with Gasteiger partial charge in [-0.2, -0.15) is 5.10 Å². The zero-order valence-electron chi connectivity index (χ0n) is 12.9. The van der Waals surface area contributed by atoms with Gasteiger partial charge >= 0.3 is 0 Å². The van der Waals surface area contributed by atoms with Gasteiger partial charge in [-0.15, -0.1) is 0 Å². The van der Waals surface area contributed by atoms with E-state index in [0.717, 1.165) is 25.3 Å². The molecule has 0 bridgehead atoms. The summed E-state index contributed by atoms with van der Waals surface area (Å²) in [6.45, 7) is 6.06. The van der Waals surface area contributed by atoms with Crippen LogP contribution in [0.5, 0.6) is 0 Å². The van der Waals surface area contributed by atoms with Gasteiger partial charge in [-0.25, -0.2) is 13.1 Å². The Morgan fingerprint density at radius 1 is 1.33 bits per heavy atom. The normalized spacial score (nSPS) is 23.3. The first-order valence-electron chi connectivity index (χ1n) is 7.75. The Balaban J connectivity index is 1.94. The highest BCUT2D eigenvalue weighted by Gasteiger charge is 2.24. The summed E-state index contributed by atoms with van der Waals surface area (Å²) in [5.41, 5.74) is 0.682. The fourth-order valence-corrected chi connectivity index (χ4v) is 3.99. The lowest BCUT2D eigenvalue weighted by Gasteiger charge is -2.26. The zero-order chi connectivity index (χ0) is 15.3. The molecule has 0 radical (unpaired) electrons. The fourth-order valence-electron chi connectivity index (χ4n) is 2.75. The molecule has 6 nitrogen and oxygen atoms in total. The summed E-state index contributed by atoms with van der Waals surface area (Å²) < 4.78 is 27.5. The number of nitrogens with one attached hydrogen (secondary N) is 3. The minimum absolute atomic E-state index is 0.188. The molecule has 0 unspecified atom stereocenters. The van der Waals surface area contributed by atoms with Crippen LogP contribution in [0.4, 0.5) is 0 Å². The molecule has 21 heavy (non-hydrogen) atoms. The highest BCUT2D eigenvalue weighted by Crippen LogP contribution is 2.28. The standard InChI is InChI=1S/C14H26N4O2S/c1-3-15-9-13-10-16-18-14(13)21(19,20)17-8-12-6-4-11(2)5-7-12/h10-12,15,17H,3-9H2,1-2H3,(H,16,18). The second kappa shape index (κ2) is 7.38. The Labute approximate surface area is 127 Å². The van der Waals surface area contributed by atoms with Gasteiger partial charge in [0.05, 0.1) is 6.20 Å². The largest absolute Gasteiger partial charge is 0.313 e. The number of aromatic amines is 1. The van der Waals surface area contributed by atoms with Crippen molar-refractivity contribution in [3.05, 3.63) is 11.8 Å². The van der Waals surface area contributed by atoms with Crippen LogP contribution in [-0.4, -0.2) is 31.7 Å². The quantitative estimate of drug-likeness (QED) is 0.714. The van der Waals surface area contributed by atoms with Gasteiger partial charge in [0.15, 0.2) is 5.03 Å². The molecule has 3 N–H and O–H groups in total. The van der Waals surface area contributed by atoms with E-state index in [-0.39, 0.29) is 5.03 Å². The molecule has 0 aliphatic heterocycles. The lowest BCUT2D eigenvalue weighted by atomic mass is 9.83. The third-order valence-corrected chi connectivity index (χ3v) is 5.65. The van der Waals surface area contributed by atoms with E-state index >= 15 is 0 Å². The predicted molar refractivity (Wildman–Crippen MR) is 82.3 cm³/mol. The van der Waals surface area contributed by atoms with E-state index in [1.165, 1.54) is 12.8 Å². The summed E-state index contributed by atoms with van der Waals surface area (Å²) in [4.78, 5) is 0. The molecule has 0 spiro atoms. The van der Waals surface area contributed by atoms with Crippen molar-refractivity contribution in [2.24, 2.45) is 11.8 Å². The summed E-state index contributed by atoms with van der Waals surface area (Å²) in [6.07, 6.45) is 6.18. The van der Waals surface area contributed by atoms with Crippen molar-refractivity contribution in [2.45, 2.75) is 51.1 Å². The summed E-state index contributed by atoms with van der Waals surface area (Å²) in [5.74, 6) is 1.23. The fraction of sp³-hybridized carbons (Fsp3) is 0.786. The first kappa shape index (κ1) is 16.5. The van der Waals surface area contributed by atoms with Gasteiger partial charge in [-0.05, 0) is 31.2 Å². The molecule has 1 aromatic heterocycles. The van der Waals surface area contributed by atoms with E-state index in [1.54, 1.807) is 6.20 Å². The molecular formula is C14H26N4O2S. The molecule has 0 aromatic carbocycles. The highest BCUT2D eigenvalue weighted by atomic mass is 32.2. The van der Waals surface area contributed by atoms with Crippen molar-refractivity contribution in [3.63, 3.8) is 0 Å². The second-order valence-electron chi connectivity index (χ2n) is 5.98. The molecule has 1 fully saturated rings. The van der Waals surface area contributed by atoms with Crippen molar-refractivity contribution < 1.29 is 8.42 Å². The number of H-pyrrole nitrogens is 1. The third-order valence-electron chi connectivity index (χ3n) is 4.21. The number of nitrogens with zero attached hydrogens (tertiary/aromatic N) is 1. The molecule has 120 valence electrons. The van der Waals surface area contributed by atoms with Crippen molar-refractivity contribution in [1.29, 1.82) is 0 Å². The van der Waals surface area contributed by atoms with E-state index in [1.807, 2.05) is 6.92 Å². The molecule has 1 heterocycles. The second-order valence-corrected chi connectivity index (χ2v) is 7.69. The molecule has 0 saturated heterocycles. The van der Waals surface area contributed by atoms with E-state index in [9.17, 15) is 8.42 Å². The Bertz CT molecular complexity index is 533. The molecule has 0 amide bonds. The van der Waals surface area contributed by atoms with Crippen molar-refractivity contribution in [1.82, 2.24) is 20.2 Å². The summed E-state index contributed by atoms with van der Waals surface area (Å²) in [6, 6.07) is 0. The molecule has 0 atom stereocenters. The maximum atomic E-state index is 12.4. The Morgan fingerprint density at radius 3 is 2.71 bits per heavy atom. The van der Waals surface area contributed by atoms with Crippen molar-refractivity contribution in [3.8, 4) is 0 Å². The van der Waals surface area contributed by atoms with Crippen LogP contribution in [0.1, 0.15) is 45.1 Å². The average Bonchev–Trinajstić information content (AvgIpc) is 2.94. The minimum Gasteiger partial charge on any atom is -0.313 e. The molecule has 1 aliphatic carbocycles. The summed E-state index contributed by atoms with van der Waals surface area (Å²) in [5, 5.41) is 9.78. The van der Waals surface area contributed by atoms with Crippen LogP contribution in [0, 0.1) is 11.8 Å². The van der Waals surface area contributed by atoms with Gasteiger partial charge in [0.1, 0.15) is 0 Å². The molecule has 7 heteroatoms. The van der Waals surface area contributed by atoms with Gasteiger partial charge in [0, 0.05) is 18.7 Å². The maximum Gasteiger partial charge on any atom is 0.257 e. The molecule has 2 rings (SSSR count). The number of hydrogen-bond donors (Lipinski definition) is 3. The van der Waals surface area contributed by atoms with Crippen LogP contribution >= 0.6 is 0 Å². The van der Waals surface area contributed by atoms with Crippen LogP contribution in [0.15, 0.2) is 11.2 Å². The third kappa shape index (κ3) is 4.52. The van der Waals surface area contributed by atoms with E-state index in [2.05, 4.69) is 27.2 Å². The molecule has 1 aliphatic rings. The smallest absolute Gasteiger partial charge is 0.257 e. The van der Waals surface area contributed by atoms with Crippen LogP contribution < -0.4 is 10.0 Å². The maximum absolute atomic E-state index is 12.4. The number of aromatic nitrogens is 2. The van der Waals surface area contributed by atoms with Crippen LogP contribution in [0.25, 0.3) is 0 Å². The monoisotopic (exact) mass is 314 g/mol. The predicted octanol–water partition coefficient (Wildman–Crippen LogP) is 1.62. The molecule has 1 saturated carbocycles. The van der Waals surface area contributed by atoms with E-state index in [4.69, 9.17) is 0 Å². The van der Waals surface area contributed by atoms with E-state index in [0.29, 0.717) is 24.6 Å². The number of rotatable bonds is 7. The van der Waals surface area contributed by atoms with Gasteiger partial charge in [-0.1, -0.05) is 26.7 Å². The first-order valence-corrected chi connectivity index (χ1v) is 9.24. The highest BCUT2D eigenvalue weighted by molar-refractivity contribution is 7.89. The minimum atomic E-state index is -3.50. The van der Waals surface area contributed by atoms with Crippen LogP contribution in [0.2, 0.25) is 0 Å². The lowest BCUT2D eigenvalue weighted by molar-refractivity contribution is 0.290. The van der Waals surface area contributed by atoms with Gasteiger partial charge < -0.3 is 5.32 Å². The Kier molecular flexibility index (Phi) is 5.78. The van der Waals surface area contributed by atoms with Gasteiger partial charge in [-0.3, -0.25) is 5.10 Å².